The zero-order valence-corrected chi connectivity index (χ0v) is 12.5. The largest absolute Gasteiger partial charge is 0.288 e. The Morgan fingerprint density at radius 3 is 2.74 bits per heavy atom. The predicted octanol–water partition coefficient (Wildman–Crippen LogP) is 5.10. The van der Waals surface area contributed by atoms with Crippen LogP contribution in [0, 0.1) is 0 Å². The number of allylic oxidation sites excluding steroid dienone is 1. The molecular formula is C16H16OS2. The van der Waals surface area contributed by atoms with E-state index in [2.05, 4.69) is 48.6 Å². The van der Waals surface area contributed by atoms with Crippen molar-refractivity contribution in [3.8, 4) is 10.4 Å². The molecule has 19 heavy (non-hydrogen) atoms. The van der Waals surface area contributed by atoms with Gasteiger partial charge in [-0.25, -0.2) is 0 Å². The van der Waals surface area contributed by atoms with Crippen molar-refractivity contribution in [2.75, 3.05) is 5.75 Å². The minimum atomic E-state index is 0.191. The van der Waals surface area contributed by atoms with E-state index in [0.717, 1.165) is 12.2 Å². The van der Waals surface area contributed by atoms with Gasteiger partial charge in [0.15, 0.2) is 5.12 Å². The maximum absolute atomic E-state index is 10.8. The van der Waals surface area contributed by atoms with Gasteiger partial charge < -0.3 is 0 Å². The van der Waals surface area contributed by atoms with Crippen LogP contribution < -0.4 is 0 Å². The molecular weight excluding hydrogens is 272 g/mol. The van der Waals surface area contributed by atoms with E-state index in [1.165, 1.54) is 27.1 Å². The molecule has 0 aliphatic rings. The zero-order valence-electron chi connectivity index (χ0n) is 10.8. The number of benzene rings is 1. The summed E-state index contributed by atoms with van der Waals surface area (Å²) < 4.78 is 0. The first-order valence-corrected chi connectivity index (χ1v) is 8.01. The summed E-state index contributed by atoms with van der Waals surface area (Å²) in [7, 11) is 0. The minimum Gasteiger partial charge on any atom is -0.288 e. The zero-order chi connectivity index (χ0) is 13.5. The van der Waals surface area contributed by atoms with Crippen molar-refractivity contribution in [1.82, 2.24) is 0 Å². The first-order valence-electron chi connectivity index (χ1n) is 6.21. The number of thiophene rings is 1. The van der Waals surface area contributed by atoms with Gasteiger partial charge in [0, 0.05) is 22.4 Å². The van der Waals surface area contributed by atoms with Gasteiger partial charge in [0.1, 0.15) is 0 Å². The Bertz CT molecular complexity index is 555. The maximum Gasteiger partial charge on any atom is 0.185 e. The van der Waals surface area contributed by atoms with Crippen LogP contribution in [0.4, 0.5) is 0 Å². The van der Waals surface area contributed by atoms with E-state index < -0.39 is 0 Å². The first kappa shape index (κ1) is 14.1. The summed E-state index contributed by atoms with van der Waals surface area (Å²) in [5, 5.41) is 0.191. The van der Waals surface area contributed by atoms with Crippen LogP contribution in [-0.2, 0) is 4.79 Å². The second-order valence-electron chi connectivity index (χ2n) is 4.10. The van der Waals surface area contributed by atoms with Crippen molar-refractivity contribution >= 4 is 34.3 Å². The molecule has 0 aliphatic carbocycles. The van der Waals surface area contributed by atoms with Gasteiger partial charge in [-0.05, 0) is 30.2 Å². The smallest absolute Gasteiger partial charge is 0.185 e. The molecule has 0 unspecified atom stereocenters. The third-order valence-electron chi connectivity index (χ3n) is 2.56. The van der Waals surface area contributed by atoms with E-state index in [9.17, 15) is 4.79 Å². The Morgan fingerprint density at radius 2 is 2.00 bits per heavy atom. The number of hydrogen-bond acceptors (Lipinski definition) is 3. The molecule has 1 nitrogen and oxygen atoms in total. The quantitative estimate of drug-likeness (QED) is 0.712. The monoisotopic (exact) mass is 288 g/mol. The molecule has 3 heteroatoms. The molecule has 98 valence electrons. The Labute approximate surface area is 122 Å². The highest BCUT2D eigenvalue weighted by Crippen LogP contribution is 2.28. The van der Waals surface area contributed by atoms with Gasteiger partial charge in [0.25, 0.3) is 0 Å². The second-order valence-corrected chi connectivity index (χ2v) is 6.49. The van der Waals surface area contributed by atoms with Crippen LogP contribution in [0.15, 0.2) is 48.5 Å². The highest BCUT2D eigenvalue weighted by atomic mass is 32.2. The minimum absolute atomic E-state index is 0.191. The van der Waals surface area contributed by atoms with E-state index >= 15 is 0 Å². The molecule has 0 amide bonds. The molecule has 1 aromatic carbocycles. The molecule has 0 bridgehead atoms. The summed E-state index contributed by atoms with van der Waals surface area (Å²) in [6, 6.07) is 14.7. The lowest BCUT2D eigenvalue weighted by Gasteiger charge is -1.94. The number of carbonyl (C=O) groups excluding carboxylic acids is 1. The molecule has 0 saturated heterocycles. The molecule has 2 rings (SSSR count). The molecule has 0 saturated carbocycles. The summed E-state index contributed by atoms with van der Waals surface area (Å²) in [6.07, 6.45) is 5.21. The van der Waals surface area contributed by atoms with Crippen molar-refractivity contribution in [3.05, 3.63) is 53.4 Å². The topological polar surface area (TPSA) is 17.1 Å². The van der Waals surface area contributed by atoms with Gasteiger partial charge in [0.2, 0.25) is 0 Å². The van der Waals surface area contributed by atoms with Crippen LogP contribution in [0.5, 0.6) is 0 Å². The van der Waals surface area contributed by atoms with Crippen molar-refractivity contribution < 1.29 is 4.79 Å². The van der Waals surface area contributed by atoms with Crippen LogP contribution in [0.25, 0.3) is 16.5 Å². The molecule has 0 fully saturated rings. The Balaban J connectivity index is 1.91. The van der Waals surface area contributed by atoms with Crippen molar-refractivity contribution in [2.45, 2.75) is 13.3 Å². The third-order valence-corrected chi connectivity index (χ3v) is 4.50. The summed E-state index contributed by atoms with van der Waals surface area (Å²) in [5.74, 6) is 0.864. The molecule has 0 aliphatic heterocycles. The van der Waals surface area contributed by atoms with Gasteiger partial charge in [-0.15, -0.1) is 11.3 Å². The highest BCUT2D eigenvalue weighted by Gasteiger charge is 1.99. The summed E-state index contributed by atoms with van der Waals surface area (Å²) in [5.41, 5.74) is 1.26. The van der Waals surface area contributed by atoms with Crippen LogP contribution >= 0.6 is 23.1 Å². The van der Waals surface area contributed by atoms with Gasteiger partial charge in [-0.2, -0.15) is 0 Å². The summed E-state index contributed by atoms with van der Waals surface area (Å²) >= 11 is 3.17. The van der Waals surface area contributed by atoms with Crippen LogP contribution in [0.1, 0.15) is 18.2 Å². The lowest BCUT2D eigenvalue weighted by Crippen LogP contribution is -1.83. The van der Waals surface area contributed by atoms with E-state index in [1.807, 2.05) is 6.07 Å². The fourth-order valence-corrected chi connectivity index (χ4v) is 3.16. The molecule has 0 radical (unpaired) electrons. The normalized spacial score (nSPS) is 11.0. The molecule has 0 spiro atoms. The van der Waals surface area contributed by atoms with Crippen molar-refractivity contribution in [3.63, 3.8) is 0 Å². The lowest BCUT2D eigenvalue weighted by atomic mass is 10.2. The average molecular weight is 288 g/mol. The lowest BCUT2D eigenvalue weighted by molar-refractivity contribution is -0.109. The van der Waals surface area contributed by atoms with E-state index in [4.69, 9.17) is 0 Å². The third kappa shape index (κ3) is 4.69. The fourth-order valence-electron chi connectivity index (χ4n) is 1.67. The Kier molecular flexibility index (Phi) is 5.43. The van der Waals surface area contributed by atoms with Crippen LogP contribution in [-0.4, -0.2) is 10.9 Å². The van der Waals surface area contributed by atoms with Crippen LogP contribution in [0.2, 0.25) is 0 Å². The van der Waals surface area contributed by atoms with Gasteiger partial charge in [-0.3, -0.25) is 4.79 Å². The summed E-state index contributed by atoms with van der Waals surface area (Å²) in [4.78, 5) is 13.3. The molecule has 0 atom stereocenters. The Morgan fingerprint density at radius 1 is 1.21 bits per heavy atom. The van der Waals surface area contributed by atoms with Gasteiger partial charge >= 0.3 is 0 Å². The van der Waals surface area contributed by atoms with E-state index in [-0.39, 0.29) is 5.12 Å². The number of thioether (sulfide) groups is 1. The number of rotatable bonds is 5. The SMILES string of the molecule is CC(=O)SCCC=Cc1ccc(-c2ccccc2)s1. The standard InChI is InChI=1S/C16H16OS2/c1-13(17)18-12-6-5-9-15-10-11-16(19-15)14-7-3-2-4-8-14/h2-5,7-11H,6,12H2,1H3. The Hall–Kier alpha value is -1.32. The molecule has 1 heterocycles. The molecule has 0 N–H and O–H groups in total. The van der Waals surface area contributed by atoms with Gasteiger partial charge in [-0.1, -0.05) is 48.2 Å². The molecule has 1 aromatic heterocycles. The summed E-state index contributed by atoms with van der Waals surface area (Å²) in [6.45, 7) is 1.61. The first-order chi connectivity index (χ1) is 9.25. The highest BCUT2D eigenvalue weighted by molar-refractivity contribution is 8.13. The van der Waals surface area contributed by atoms with Crippen LogP contribution in [0.3, 0.4) is 0 Å². The molecule has 2 aromatic rings. The van der Waals surface area contributed by atoms with E-state index in [1.54, 1.807) is 18.3 Å². The number of hydrogen-bond donors (Lipinski definition) is 0. The predicted molar refractivity (Wildman–Crippen MR) is 86.5 cm³/mol. The number of carbonyl (C=O) groups is 1. The second kappa shape index (κ2) is 7.31. The van der Waals surface area contributed by atoms with Crippen molar-refractivity contribution in [1.29, 1.82) is 0 Å². The maximum atomic E-state index is 10.8. The van der Waals surface area contributed by atoms with Gasteiger partial charge in [0.05, 0.1) is 0 Å². The van der Waals surface area contributed by atoms with E-state index in [0.29, 0.717) is 0 Å². The van der Waals surface area contributed by atoms with Crippen molar-refractivity contribution in [2.24, 2.45) is 0 Å². The fraction of sp³-hybridized carbons (Fsp3) is 0.188. The average Bonchev–Trinajstić information content (AvgIpc) is 2.88.